The van der Waals surface area contributed by atoms with Crippen LogP contribution in [0.5, 0.6) is 5.75 Å². The summed E-state index contributed by atoms with van der Waals surface area (Å²) in [6.45, 7) is 3.84. The molecule has 1 amide bonds. The van der Waals surface area contributed by atoms with Crippen LogP contribution in [0.3, 0.4) is 0 Å². The van der Waals surface area contributed by atoms with Crippen LogP contribution in [0.15, 0.2) is 24.3 Å². The van der Waals surface area contributed by atoms with Crippen molar-refractivity contribution in [3.05, 3.63) is 29.8 Å². The molecule has 0 radical (unpaired) electrons. The van der Waals surface area contributed by atoms with Gasteiger partial charge in [0.15, 0.2) is 0 Å². The Morgan fingerprint density at radius 2 is 2.05 bits per heavy atom. The van der Waals surface area contributed by atoms with Crippen LogP contribution in [-0.2, 0) is 14.3 Å². The minimum Gasteiger partial charge on any atom is -0.497 e. The molecule has 0 aliphatic carbocycles. The monoisotopic (exact) mass is 305 g/mol. The topological polar surface area (TPSA) is 48.0 Å². The summed E-state index contributed by atoms with van der Waals surface area (Å²) in [5.74, 6) is 0.923. The van der Waals surface area contributed by atoms with Crippen molar-refractivity contribution in [2.75, 3.05) is 26.9 Å². The maximum absolute atomic E-state index is 12.6. The van der Waals surface area contributed by atoms with Gasteiger partial charge in [-0.05, 0) is 37.5 Å². The summed E-state index contributed by atoms with van der Waals surface area (Å²) >= 11 is 0. The molecule has 3 rings (SSSR count). The lowest BCUT2D eigenvalue weighted by Gasteiger charge is -2.39. The first-order valence-electron chi connectivity index (χ1n) is 7.86. The maximum Gasteiger partial charge on any atom is 0.252 e. The normalized spacial score (nSPS) is 28.6. The van der Waals surface area contributed by atoms with Gasteiger partial charge in [0, 0.05) is 6.61 Å². The minimum atomic E-state index is -0.267. The average Bonchev–Trinajstić information content (AvgIpc) is 3.09. The number of methoxy groups -OCH3 is 1. The van der Waals surface area contributed by atoms with Crippen molar-refractivity contribution in [1.82, 2.24) is 4.90 Å². The van der Waals surface area contributed by atoms with E-state index < -0.39 is 0 Å². The third-order valence-electron chi connectivity index (χ3n) is 4.41. The van der Waals surface area contributed by atoms with E-state index >= 15 is 0 Å². The molecule has 2 fully saturated rings. The van der Waals surface area contributed by atoms with Crippen molar-refractivity contribution < 1.29 is 19.0 Å². The molecule has 22 heavy (non-hydrogen) atoms. The number of hydrogen-bond donors (Lipinski definition) is 0. The van der Waals surface area contributed by atoms with Gasteiger partial charge in [-0.1, -0.05) is 12.1 Å². The number of carbonyl (C=O) groups is 1. The van der Waals surface area contributed by atoms with Gasteiger partial charge in [0.2, 0.25) is 0 Å². The maximum atomic E-state index is 12.6. The number of benzene rings is 1. The molecule has 3 unspecified atom stereocenters. The highest BCUT2D eigenvalue weighted by molar-refractivity contribution is 5.81. The Hall–Kier alpha value is -1.59. The van der Waals surface area contributed by atoms with Crippen LogP contribution < -0.4 is 4.74 Å². The van der Waals surface area contributed by atoms with E-state index in [9.17, 15) is 4.79 Å². The lowest BCUT2D eigenvalue weighted by molar-refractivity contribution is -0.154. The molecule has 2 aliphatic rings. The molecule has 2 aliphatic heterocycles. The Balaban J connectivity index is 1.70. The SMILES string of the molecule is COc1ccc(C2CN(C(=O)C3CCCO3)C(C)CO2)cc1. The number of nitrogens with zero attached hydrogens (tertiary/aromatic N) is 1. The quantitative estimate of drug-likeness (QED) is 0.858. The summed E-state index contributed by atoms with van der Waals surface area (Å²) < 4.78 is 16.6. The zero-order chi connectivity index (χ0) is 15.5. The van der Waals surface area contributed by atoms with Crippen LogP contribution in [-0.4, -0.2) is 49.8 Å². The summed E-state index contributed by atoms with van der Waals surface area (Å²) in [4.78, 5) is 14.5. The van der Waals surface area contributed by atoms with Gasteiger partial charge >= 0.3 is 0 Å². The number of morpholine rings is 1. The Bertz CT molecular complexity index is 510. The van der Waals surface area contributed by atoms with Gasteiger partial charge < -0.3 is 19.1 Å². The average molecular weight is 305 g/mol. The molecule has 0 bridgehead atoms. The number of ether oxygens (including phenoxy) is 3. The molecule has 0 N–H and O–H groups in total. The third kappa shape index (κ3) is 3.10. The molecule has 0 spiro atoms. The van der Waals surface area contributed by atoms with E-state index in [1.54, 1.807) is 7.11 Å². The number of hydrogen-bond acceptors (Lipinski definition) is 4. The Labute approximate surface area is 131 Å². The zero-order valence-corrected chi connectivity index (χ0v) is 13.2. The molecule has 0 saturated carbocycles. The van der Waals surface area contributed by atoms with Gasteiger partial charge in [-0.3, -0.25) is 4.79 Å². The van der Waals surface area contributed by atoms with Crippen LogP contribution in [0.4, 0.5) is 0 Å². The van der Waals surface area contributed by atoms with E-state index in [1.165, 1.54) is 0 Å². The molecule has 5 nitrogen and oxygen atoms in total. The first-order chi connectivity index (χ1) is 10.7. The zero-order valence-electron chi connectivity index (χ0n) is 13.2. The Kier molecular flexibility index (Phi) is 4.64. The first kappa shape index (κ1) is 15.3. The van der Waals surface area contributed by atoms with Gasteiger partial charge in [-0.25, -0.2) is 0 Å². The fourth-order valence-corrected chi connectivity index (χ4v) is 3.04. The second-order valence-corrected chi connectivity index (χ2v) is 5.94. The van der Waals surface area contributed by atoms with Crippen molar-refractivity contribution in [3.63, 3.8) is 0 Å². The standard InChI is InChI=1S/C17H23NO4/c1-12-11-22-16(13-5-7-14(20-2)8-6-13)10-18(12)17(19)15-4-3-9-21-15/h5-8,12,15-16H,3-4,9-11H2,1-2H3. The van der Waals surface area contributed by atoms with E-state index in [-0.39, 0.29) is 24.2 Å². The van der Waals surface area contributed by atoms with Crippen molar-refractivity contribution >= 4 is 5.91 Å². The molecule has 1 aromatic rings. The highest BCUT2D eigenvalue weighted by atomic mass is 16.5. The molecule has 120 valence electrons. The summed E-state index contributed by atoms with van der Waals surface area (Å²) in [7, 11) is 1.65. The molecule has 3 atom stereocenters. The van der Waals surface area contributed by atoms with E-state index in [1.807, 2.05) is 36.1 Å². The molecule has 2 heterocycles. The highest BCUT2D eigenvalue weighted by Crippen LogP contribution is 2.28. The van der Waals surface area contributed by atoms with E-state index in [0.29, 0.717) is 19.8 Å². The smallest absolute Gasteiger partial charge is 0.252 e. The first-order valence-corrected chi connectivity index (χ1v) is 7.86. The Morgan fingerprint density at radius 3 is 2.68 bits per heavy atom. The van der Waals surface area contributed by atoms with Gasteiger partial charge in [0.05, 0.1) is 26.3 Å². The minimum absolute atomic E-state index is 0.0891. The lowest BCUT2D eigenvalue weighted by Crippen LogP contribution is -2.51. The fourth-order valence-electron chi connectivity index (χ4n) is 3.04. The largest absolute Gasteiger partial charge is 0.497 e. The van der Waals surface area contributed by atoms with Crippen LogP contribution in [0.25, 0.3) is 0 Å². The van der Waals surface area contributed by atoms with Crippen molar-refractivity contribution in [2.24, 2.45) is 0 Å². The highest BCUT2D eigenvalue weighted by Gasteiger charge is 2.35. The molecule has 1 aromatic carbocycles. The summed E-state index contributed by atoms with van der Waals surface area (Å²) in [6.07, 6.45) is 1.44. The van der Waals surface area contributed by atoms with Crippen molar-refractivity contribution in [1.29, 1.82) is 0 Å². The van der Waals surface area contributed by atoms with Crippen LogP contribution in [0.1, 0.15) is 31.4 Å². The van der Waals surface area contributed by atoms with E-state index in [4.69, 9.17) is 14.2 Å². The molecular formula is C17H23NO4. The van der Waals surface area contributed by atoms with Crippen LogP contribution in [0, 0.1) is 0 Å². The van der Waals surface area contributed by atoms with Crippen LogP contribution in [0.2, 0.25) is 0 Å². The third-order valence-corrected chi connectivity index (χ3v) is 4.41. The van der Waals surface area contributed by atoms with Gasteiger partial charge in [0.25, 0.3) is 5.91 Å². The fraction of sp³-hybridized carbons (Fsp3) is 0.588. The summed E-state index contributed by atoms with van der Waals surface area (Å²) in [6, 6.07) is 7.92. The molecule has 5 heteroatoms. The van der Waals surface area contributed by atoms with Crippen molar-refractivity contribution in [2.45, 2.75) is 38.0 Å². The van der Waals surface area contributed by atoms with Crippen molar-refractivity contribution in [3.8, 4) is 5.75 Å². The number of amides is 1. The number of rotatable bonds is 3. The Morgan fingerprint density at radius 1 is 1.27 bits per heavy atom. The molecule has 2 saturated heterocycles. The predicted molar refractivity (Wildman–Crippen MR) is 81.8 cm³/mol. The predicted octanol–water partition coefficient (Wildman–Crippen LogP) is 2.16. The second kappa shape index (κ2) is 6.67. The second-order valence-electron chi connectivity index (χ2n) is 5.94. The van der Waals surface area contributed by atoms with E-state index in [2.05, 4.69) is 0 Å². The summed E-state index contributed by atoms with van der Waals surface area (Å²) in [5, 5.41) is 0. The molecule has 0 aromatic heterocycles. The van der Waals surface area contributed by atoms with Crippen LogP contribution >= 0.6 is 0 Å². The van der Waals surface area contributed by atoms with Gasteiger partial charge in [0.1, 0.15) is 18.0 Å². The van der Waals surface area contributed by atoms with E-state index in [0.717, 1.165) is 24.2 Å². The van der Waals surface area contributed by atoms with Gasteiger partial charge in [-0.2, -0.15) is 0 Å². The lowest BCUT2D eigenvalue weighted by atomic mass is 10.0. The summed E-state index contributed by atoms with van der Waals surface area (Å²) in [5.41, 5.74) is 1.07. The number of carbonyl (C=O) groups excluding carboxylic acids is 1. The van der Waals surface area contributed by atoms with Gasteiger partial charge in [-0.15, -0.1) is 0 Å². The molecular weight excluding hydrogens is 282 g/mol.